The summed E-state index contributed by atoms with van der Waals surface area (Å²) in [4.78, 5) is 0. The number of hydrogen-bond donors (Lipinski definition) is 2. The quantitative estimate of drug-likeness (QED) is 0.781. The second-order valence-corrected chi connectivity index (χ2v) is 5.00. The van der Waals surface area contributed by atoms with Gasteiger partial charge in [0.15, 0.2) is 11.5 Å². The normalized spacial score (nSPS) is 14.2. The average molecular weight is 251 g/mol. The second kappa shape index (κ2) is 7.27. The van der Waals surface area contributed by atoms with Crippen molar-refractivity contribution in [3.63, 3.8) is 0 Å². The van der Waals surface area contributed by atoms with Crippen molar-refractivity contribution >= 4 is 0 Å². The van der Waals surface area contributed by atoms with Crippen LogP contribution < -0.4 is 10.1 Å². The number of ether oxygens (including phenoxy) is 1. The molecule has 0 bridgehead atoms. The molecule has 2 N–H and O–H groups in total. The lowest BCUT2D eigenvalue weighted by atomic mass is 10.0. The summed E-state index contributed by atoms with van der Waals surface area (Å²) in [5, 5.41) is 13.4. The zero-order valence-electron chi connectivity index (χ0n) is 11.9. The van der Waals surface area contributed by atoms with Crippen LogP contribution in [0.3, 0.4) is 0 Å². The van der Waals surface area contributed by atoms with Gasteiger partial charge < -0.3 is 15.2 Å². The van der Waals surface area contributed by atoms with Crippen LogP contribution >= 0.6 is 0 Å². The summed E-state index contributed by atoms with van der Waals surface area (Å²) in [5.74, 6) is 1.50. The molecule has 3 nitrogen and oxygen atoms in total. The van der Waals surface area contributed by atoms with Gasteiger partial charge in [0.25, 0.3) is 0 Å². The number of aromatic hydroxyl groups is 1. The average Bonchev–Trinajstić information content (AvgIpc) is 2.37. The van der Waals surface area contributed by atoms with Gasteiger partial charge in [-0.25, -0.2) is 0 Å². The fourth-order valence-corrected chi connectivity index (χ4v) is 2.01. The first-order valence-electron chi connectivity index (χ1n) is 6.66. The van der Waals surface area contributed by atoms with Crippen LogP contribution in [0.2, 0.25) is 0 Å². The Hall–Kier alpha value is -1.22. The minimum absolute atomic E-state index is 0.239. The van der Waals surface area contributed by atoms with Crippen LogP contribution in [-0.4, -0.2) is 18.3 Å². The van der Waals surface area contributed by atoms with Gasteiger partial charge in [-0.05, 0) is 25.3 Å². The molecule has 102 valence electrons. The molecule has 0 radical (unpaired) electrons. The van der Waals surface area contributed by atoms with Crippen molar-refractivity contribution in [2.75, 3.05) is 7.11 Å². The number of phenolic OH excluding ortho intramolecular Hbond substituents is 1. The van der Waals surface area contributed by atoms with Gasteiger partial charge in [-0.1, -0.05) is 32.4 Å². The van der Waals surface area contributed by atoms with Crippen molar-refractivity contribution in [3.05, 3.63) is 23.8 Å². The summed E-state index contributed by atoms with van der Waals surface area (Å²) in [5.41, 5.74) is 0.880. The summed E-state index contributed by atoms with van der Waals surface area (Å²) < 4.78 is 5.10. The third-order valence-corrected chi connectivity index (χ3v) is 3.40. The van der Waals surface area contributed by atoms with Gasteiger partial charge in [0.05, 0.1) is 7.11 Å². The van der Waals surface area contributed by atoms with E-state index in [9.17, 15) is 5.11 Å². The molecule has 18 heavy (non-hydrogen) atoms. The van der Waals surface area contributed by atoms with E-state index in [0.717, 1.165) is 17.9 Å². The van der Waals surface area contributed by atoms with Crippen molar-refractivity contribution < 1.29 is 9.84 Å². The fraction of sp³-hybridized carbons (Fsp3) is 0.600. The Morgan fingerprint density at radius 2 is 2.06 bits per heavy atom. The van der Waals surface area contributed by atoms with Gasteiger partial charge in [-0.3, -0.25) is 0 Å². The summed E-state index contributed by atoms with van der Waals surface area (Å²) in [6, 6.07) is 6.03. The Morgan fingerprint density at radius 1 is 1.33 bits per heavy atom. The zero-order chi connectivity index (χ0) is 13.5. The SMILES string of the molecule is CCC(C)CC(C)NCc1cccc(OC)c1O. The van der Waals surface area contributed by atoms with Crippen LogP contribution in [0.4, 0.5) is 0 Å². The summed E-state index contributed by atoms with van der Waals surface area (Å²) in [7, 11) is 1.57. The fourth-order valence-electron chi connectivity index (χ4n) is 2.01. The molecule has 3 heteroatoms. The van der Waals surface area contributed by atoms with Crippen molar-refractivity contribution in [3.8, 4) is 11.5 Å². The third-order valence-electron chi connectivity index (χ3n) is 3.40. The van der Waals surface area contributed by atoms with Gasteiger partial charge in [-0.15, -0.1) is 0 Å². The number of methoxy groups -OCH3 is 1. The first-order valence-corrected chi connectivity index (χ1v) is 6.66. The molecular weight excluding hydrogens is 226 g/mol. The van der Waals surface area contributed by atoms with Gasteiger partial charge in [-0.2, -0.15) is 0 Å². The lowest BCUT2D eigenvalue weighted by molar-refractivity contribution is 0.366. The van der Waals surface area contributed by atoms with E-state index in [0.29, 0.717) is 18.3 Å². The molecule has 1 rings (SSSR count). The zero-order valence-corrected chi connectivity index (χ0v) is 11.9. The Bertz CT molecular complexity index is 366. The lowest BCUT2D eigenvalue weighted by Crippen LogP contribution is -2.27. The Labute approximate surface area is 110 Å². The lowest BCUT2D eigenvalue weighted by Gasteiger charge is -2.18. The van der Waals surface area contributed by atoms with E-state index in [4.69, 9.17) is 4.74 Å². The number of rotatable bonds is 7. The minimum atomic E-state index is 0.239. The van der Waals surface area contributed by atoms with Gasteiger partial charge in [0, 0.05) is 18.2 Å². The molecule has 2 atom stereocenters. The van der Waals surface area contributed by atoms with Crippen LogP contribution in [0.25, 0.3) is 0 Å². The highest BCUT2D eigenvalue weighted by atomic mass is 16.5. The molecule has 2 unspecified atom stereocenters. The van der Waals surface area contributed by atoms with Crippen molar-refractivity contribution in [1.82, 2.24) is 5.32 Å². The number of hydrogen-bond acceptors (Lipinski definition) is 3. The summed E-state index contributed by atoms with van der Waals surface area (Å²) in [6.07, 6.45) is 2.36. The molecular formula is C15H25NO2. The van der Waals surface area contributed by atoms with E-state index in [-0.39, 0.29) is 5.75 Å². The van der Waals surface area contributed by atoms with Crippen LogP contribution in [-0.2, 0) is 6.54 Å². The van der Waals surface area contributed by atoms with Crippen LogP contribution in [0, 0.1) is 5.92 Å². The largest absolute Gasteiger partial charge is 0.504 e. The Kier molecular flexibility index (Phi) is 5.99. The maximum atomic E-state index is 9.96. The van der Waals surface area contributed by atoms with E-state index in [1.54, 1.807) is 13.2 Å². The van der Waals surface area contributed by atoms with Crippen LogP contribution in [0.15, 0.2) is 18.2 Å². The first kappa shape index (κ1) is 14.8. The minimum Gasteiger partial charge on any atom is -0.504 e. The molecule has 0 fully saturated rings. The van der Waals surface area contributed by atoms with Gasteiger partial charge in [0.2, 0.25) is 0 Å². The third kappa shape index (κ3) is 4.22. The molecule has 1 aromatic rings. The highest BCUT2D eigenvalue weighted by Crippen LogP contribution is 2.29. The Morgan fingerprint density at radius 3 is 2.67 bits per heavy atom. The van der Waals surface area contributed by atoms with Crippen molar-refractivity contribution in [2.45, 2.75) is 46.2 Å². The molecule has 0 heterocycles. The smallest absolute Gasteiger partial charge is 0.162 e. The standard InChI is InChI=1S/C15H25NO2/c1-5-11(2)9-12(3)16-10-13-7-6-8-14(18-4)15(13)17/h6-8,11-12,16-17H,5,9-10H2,1-4H3. The van der Waals surface area contributed by atoms with Crippen molar-refractivity contribution in [1.29, 1.82) is 0 Å². The van der Waals surface area contributed by atoms with E-state index in [2.05, 4.69) is 26.1 Å². The van der Waals surface area contributed by atoms with E-state index < -0.39 is 0 Å². The molecule has 0 amide bonds. The number of benzene rings is 1. The molecule has 0 spiro atoms. The molecule has 0 aromatic heterocycles. The highest BCUT2D eigenvalue weighted by molar-refractivity contribution is 5.45. The topological polar surface area (TPSA) is 41.5 Å². The van der Waals surface area contributed by atoms with Gasteiger partial charge >= 0.3 is 0 Å². The maximum absolute atomic E-state index is 9.96. The second-order valence-electron chi connectivity index (χ2n) is 5.00. The number of para-hydroxylation sites is 1. The van der Waals surface area contributed by atoms with E-state index >= 15 is 0 Å². The highest BCUT2D eigenvalue weighted by Gasteiger charge is 2.10. The first-order chi connectivity index (χ1) is 8.58. The van der Waals surface area contributed by atoms with E-state index in [1.165, 1.54) is 6.42 Å². The Balaban J connectivity index is 2.53. The molecule has 0 saturated carbocycles. The number of phenols is 1. The van der Waals surface area contributed by atoms with Crippen molar-refractivity contribution in [2.24, 2.45) is 5.92 Å². The molecule has 0 aliphatic rings. The molecule has 0 saturated heterocycles. The summed E-state index contributed by atoms with van der Waals surface area (Å²) >= 11 is 0. The molecule has 0 aliphatic heterocycles. The number of nitrogens with one attached hydrogen (secondary N) is 1. The maximum Gasteiger partial charge on any atom is 0.162 e. The monoisotopic (exact) mass is 251 g/mol. The summed E-state index contributed by atoms with van der Waals surface area (Å²) in [6.45, 7) is 7.33. The van der Waals surface area contributed by atoms with Crippen LogP contribution in [0.1, 0.15) is 39.2 Å². The van der Waals surface area contributed by atoms with Crippen LogP contribution in [0.5, 0.6) is 11.5 Å². The molecule has 0 aliphatic carbocycles. The van der Waals surface area contributed by atoms with Gasteiger partial charge in [0.1, 0.15) is 0 Å². The predicted molar refractivity (Wildman–Crippen MR) is 75.0 cm³/mol. The predicted octanol–water partition coefficient (Wildman–Crippen LogP) is 3.32. The molecule has 1 aromatic carbocycles. The van der Waals surface area contributed by atoms with E-state index in [1.807, 2.05) is 12.1 Å².